The van der Waals surface area contributed by atoms with Gasteiger partial charge >= 0.3 is 51.6 Å². The molecule has 0 aliphatic rings. The second-order valence-electron chi connectivity index (χ2n) is 0.479. The molecule has 8 heteroatoms. The first kappa shape index (κ1) is 11.1. The van der Waals surface area contributed by atoms with Gasteiger partial charge in [-0.15, -0.1) is 0 Å². The Kier molecular flexibility index (Phi) is 14.3. The van der Waals surface area contributed by atoms with Crippen molar-refractivity contribution in [2.45, 2.75) is 0 Å². The average molecular weight is 339 g/mol. The first-order valence-electron chi connectivity index (χ1n) is 1.25. The Morgan fingerprint density at radius 2 is 1.50 bits per heavy atom. The van der Waals surface area contributed by atoms with Crippen molar-refractivity contribution in [3.63, 3.8) is 0 Å². The van der Waals surface area contributed by atoms with Crippen LogP contribution in [0.15, 0.2) is 5.85 Å². The molecule has 8 heavy (non-hydrogen) atoms. The van der Waals surface area contributed by atoms with Crippen LogP contribution in [0.1, 0.15) is 0 Å². The van der Waals surface area contributed by atoms with Crippen LogP contribution in [0.5, 0.6) is 0 Å². The van der Waals surface area contributed by atoms with Gasteiger partial charge in [0.2, 0.25) is 0 Å². The molecular formula is N6PbTi. The van der Waals surface area contributed by atoms with E-state index in [1.54, 1.807) is 0 Å². The summed E-state index contributed by atoms with van der Waals surface area (Å²) in [6, 6.07) is 0. The fourth-order valence-corrected chi connectivity index (χ4v) is 0.526. The molecule has 0 N–H and O–H groups in total. The molecule has 0 atom stereocenters. The van der Waals surface area contributed by atoms with Crippen molar-refractivity contribution >= 4 is 24.8 Å². The summed E-state index contributed by atoms with van der Waals surface area (Å²) in [4.78, 5) is 4.84. The second kappa shape index (κ2) is 10.3. The van der Waals surface area contributed by atoms with Crippen molar-refractivity contribution in [1.29, 1.82) is 0 Å². The summed E-state index contributed by atoms with van der Waals surface area (Å²) in [7, 11) is 0. The van der Waals surface area contributed by atoms with Crippen LogP contribution in [0.4, 0.5) is 0 Å². The second-order valence-corrected chi connectivity index (χ2v) is 2.81. The molecule has 2 radical (unpaired) electrons. The van der Waals surface area contributed by atoms with E-state index in [1.165, 1.54) is 0 Å². The Bertz CT molecular complexity index is 111. The Morgan fingerprint density at radius 1 is 1.12 bits per heavy atom. The maximum atomic E-state index is 7.62. The predicted molar refractivity (Wildman–Crippen MR) is 24.0 cm³/mol. The quantitative estimate of drug-likeness (QED) is 0.312. The van der Waals surface area contributed by atoms with Gasteiger partial charge in [0.25, 0.3) is 0 Å². The minimum absolute atomic E-state index is 0. The van der Waals surface area contributed by atoms with Crippen molar-refractivity contribution in [1.82, 2.24) is 0 Å². The fraction of sp³-hybridized carbons (Fsp3) is 0. The van der Waals surface area contributed by atoms with E-state index in [0.717, 1.165) is 0 Å². The summed E-state index contributed by atoms with van der Waals surface area (Å²) in [5.74, 6) is 0. The van der Waals surface area contributed by atoms with Crippen LogP contribution in [0, 0.1) is 0 Å². The molecule has 0 spiro atoms. The molecule has 0 aliphatic carbocycles. The number of nitrogens with zero attached hydrogens (tertiary/aromatic N) is 6. The SMILES string of the molecule is [N-]=[N+]=[N][Pb][N]=[N+]=[N-].[Ti]. The molecule has 0 amide bonds. The molecule has 0 fully saturated rings. The molecule has 0 unspecified atom stereocenters. The van der Waals surface area contributed by atoms with E-state index in [0.29, 0.717) is 0 Å². The molecule has 0 aliphatic heterocycles. The zero-order valence-electron chi connectivity index (χ0n) is 3.68. The van der Waals surface area contributed by atoms with E-state index in [1.807, 2.05) is 0 Å². The normalized spacial score (nSPS) is 5.00. The third kappa shape index (κ3) is 9.54. The Hall–Kier alpha value is 0.256. The molecule has 0 rings (SSSR count). The van der Waals surface area contributed by atoms with Gasteiger partial charge in [-0.3, -0.25) is 0 Å². The predicted octanol–water partition coefficient (Wildman–Crippen LogP) is 1.14. The number of hydrogen-bond donors (Lipinski definition) is 0. The third-order valence-electron chi connectivity index (χ3n) is 0.179. The summed E-state index contributed by atoms with van der Waals surface area (Å²) < 4.78 is 6.23. The molecule has 6 nitrogen and oxygen atoms in total. The van der Waals surface area contributed by atoms with E-state index in [-0.39, 0.29) is 21.7 Å². The molecule has 0 heterocycles. The Balaban J connectivity index is 0. The smallest absolute Gasteiger partial charge is 0 e. The summed E-state index contributed by atoms with van der Waals surface area (Å²) >= 11 is -1.58. The van der Waals surface area contributed by atoms with Crippen LogP contribution >= 0.6 is 0 Å². The number of azide groups is 1. The number of rotatable bonds is 2. The van der Waals surface area contributed by atoms with Crippen molar-refractivity contribution in [2.75, 3.05) is 0 Å². The van der Waals surface area contributed by atoms with Crippen molar-refractivity contribution in [3.05, 3.63) is 20.9 Å². The molecular weight excluding hydrogens is 339 g/mol. The van der Waals surface area contributed by atoms with Crippen molar-refractivity contribution < 1.29 is 21.7 Å². The van der Waals surface area contributed by atoms with Gasteiger partial charge < -0.3 is 0 Å². The molecule has 0 bridgehead atoms. The maximum absolute atomic E-state index is 7.62. The van der Waals surface area contributed by atoms with E-state index < -0.39 is 24.8 Å². The van der Waals surface area contributed by atoms with Crippen LogP contribution in [-0.4, -0.2) is 24.8 Å². The third-order valence-corrected chi connectivity index (χ3v) is 1.57. The van der Waals surface area contributed by atoms with Gasteiger partial charge in [-0.2, -0.15) is 0 Å². The van der Waals surface area contributed by atoms with Crippen LogP contribution < -0.4 is 0 Å². The van der Waals surface area contributed by atoms with Gasteiger partial charge in [0.1, 0.15) is 0 Å². The molecule has 0 aromatic rings. The van der Waals surface area contributed by atoms with E-state index in [4.69, 9.17) is 11.1 Å². The van der Waals surface area contributed by atoms with Gasteiger partial charge in [0, 0.05) is 21.7 Å². The minimum Gasteiger partial charge on any atom is 0 e. The molecule has 0 saturated heterocycles. The molecule has 38 valence electrons. The molecule has 0 saturated carbocycles. The Labute approximate surface area is 72.8 Å². The summed E-state index contributed by atoms with van der Waals surface area (Å²) in [5, 5.41) is 0. The minimum atomic E-state index is -1.58. The van der Waals surface area contributed by atoms with Crippen LogP contribution in [-0.2, 0) is 21.7 Å². The van der Waals surface area contributed by atoms with Crippen molar-refractivity contribution in [2.24, 2.45) is 5.85 Å². The topological polar surface area (TPSA) is 97.5 Å². The number of hydrogen-bond acceptors (Lipinski definition) is 2. The van der Waals surface area contributed by atoms with Gasteiger partial charge in [-0.25, -0.2) is 0 Å². The summed E-state index contributed by atoms with van der Waals surface area (Å²) in [5.41, 5.74) is 15.2. The largest absolute Gasteiger partial charge is 0 e. The van der Waals surface area contributed by atoms with Gasteiger partial charge in [0.05, 0.1) is 0 Å². The van der Waals surface area contributed by atoms with Crippen LogP contribution in [0.2, 0.25) is 0 Å². The van der Waals surface area contributed by atoms with Crippen LogP contribution in [0.3, 0.4) is 0 Å². The first-order valence-corrected chi connectivity index (χ1v) is 4.72. The molecule has 0 aromatic heterocycles. The Morgan fingerprint density at radius 3 is 1.75 bits per heavy atom. The fourth-order valence-electron chi connectivity index (χ4n) is 0.0600. The standard InChI is InChI=1S/2N3.Pb.Ti/c2*1-3-2;;/q2*-1;+2;. The summed E-state index contributed by atoms with van der Waals surface area (Å²) in [6.07, 6.45) is 0. The molecule has 0 aromatic carbocycles. The van der Waals surface area contributed by atoms with Gasteiger partial charge in [0.15, 0.2) is 0 Å². The van der Waals surface area contributed by atoms with Crippen molar-refractivity contribution in [3.8, 4) is 0 Å². The average Bonchev–Trinajstić information content (AvgIpc) is 1.69. The van der Waals surface area contributed by atoms with E-state index in [2.05, 4.69) is 15.7 Å². The zero-order valence-corrected chi connectivity index (χ0v) is 9.13. The van der Waals surface area contributed by atoms with E-state index in [9.17, 15) is 0 Å². The van der Waals surface area contributed by atoms with Crippen LogP contribution in [0.25, 0.3) is 20.9 Å². The van der Waals surface area contributed by atoms with E-state index >= 15 is 0 Å². The zero-order chi connectivity index (χ0) is 5.54. The first-order chi connectivity index (χ1) is 3.41. The van der Waals surface area contributed by atoms with Gasteiger partial charge in [-0.1, -0.05) is 0 Å². The monoisotopic (exact) mass is 340 g/mol. The summed E-state index contributed by atoms with van der Waals surface area (Å²) in [6.45, 7) is 0. The maximum Gasteiger partial charge on any atom is 0 e. The van der Waals surface area contributed by atoms with Gasteiger partial charge in [-0.05, 0) is 0 Å².